The Bertz CT molecular complexity index is 915. The van der Waals surface area contributed by atoms with Crippen LogP contribution >= 0.6 is 0 Å². The zero-order chi connectivity index (χ0) is 17.3. The van der Waals surface area contributed by atoms with E-state index in [2.05, 4.69) is 0 Å². The van der Waals surface area contributed by atoms with Crippen molar-refractivity contribution in [2.75, 3.05) is 0 Å². The van der Waals surface area contributed by atoms with Crippen LogP contribution in [0.1, 0.15) is 17.2 Å². The predicted octanol–water partition coefficient (Wildman–Crippen LogP) is 2.39. The molecule has 0 aromatic heterocycles. The Kier molecular flexibility index (Phi) is 4.07. The van der Waals surface area contributed by atoms with E-state index in [4.69, 9.17) is 0 Å². The van der Waals surface area contributed by atoms with Crippen LogP contribution in [0.25, 0.3) is 0 Å². The van der Waals surface area contributed by atoms with E-state index in [1.807, 2.05) is 6.92 Å². The second-order valence-electron chi connectivity index (χ2n) is 5.50. The minimum absolute atomic E-state index is 0.0227. The number of hydrogen-bond acceptors (Lipinski definition) is 4. The molecule has 0 saturated heterocycles. The number of hydrogen-bond donors (Lipinski definition) is 0. The van der Waals surface area contributed by atoms with Crippen LogP contribution in [0.5, 0.6) is 0 Å². The van der Waals surface area contributed by atoms with Gasteiger partial charge in [-0.05, 0) is 30.7 Å². The molecular formula is C18H15NO4S. The lowest BCUT2D eigenvalue weighted by Crippen LogP contribution is -2.44. The smallest absolute Gasteiger partial charge is 0.267 e. The third-order valence-corrected chi connectivity index (χ3v) is 5.58. The average molecular weight is 341 g/mol. The third-order valence-electron chi connectivity index (χ3n) is 3.80. The van der Waals surface area contributed by atoms with Gasteiger partial charge < -0.3 is 0 Å². The van der Waals surface area contributed by atoms with Gasteiger partial charge in [0, 0.05) is 6.08 Å². The molecule has 1 unspecified atom stereocenters. The van der Waals surface area contributed by atoms with Crippen molar-refractivity contribution in [1.29, 1.82) is 0 Å². The quantitative estimate of drug-likeness (QED) is 0.859. The molecule has 0 fully saturated rings. The lowest BCUT2D eigenvalue weighted by molar-refractivity contribution is -0.130. The van der Waals surface area contributed by atoms with E-state index in [0.717, 1.165) is 17.7 Å². The topological polar surface area (TPSA) is 71.5 Å². The summed E-state index contributed by atoms with van der Waals surface area (Å²) in [6.07, 6.45) is 2.12. The third kappa shape index (κ3) is 2.76. The maximum atomic E-state index is 13.0. The van der Waals surface area contributed by atoms with Crippen LogP contribution in [0.4, 0.5) is 0 Å². The molecule has 0 bridgehead atoms. The summed E-state index contributed by atoms with van der Waals surface area (Å²) in [5.74, 6) is -1.18. The zero-order valence-corrected chi connectivity index (χ0v) is 13.7. The van der Waals surface area contributed by atoms with Gasteiger partial charge in [-0.3, -0.25) is 9.59 Å². The first-order chi connectivity index (χ1) is 11.4. The van der Waals surface area contributed by atoms with E-state index < -0.39 is 27.8 Å². The summed E-state index contributed by atoms with van der Waals surface area (Å²) in [6, 6.07) is 13.4. The van der Waals surface area contributed by atoms with Gasteiger partial charge in [-0.25, -0.2) is 12.7 Å². The van der Waals surface area contributed by atoms with Gasteiger partial charge in [-0.2, -0.15) is 0 Å². The molecule has 1 atom stereocenters. The molecule has 2 aromatic rings. The number of nitrogens with zero attached hydrogens (tertiary/aromatic N) is 1. The predicted molar refractivity (Wildman–Crippen MR) is 88.5 cm³/mol. The van der Waals surface area contributed by atoms with Crippen molar-refractivity contribution in [2.45, 2.75) is 17.9 Å². The van der Waals surface area contributed by atoms with Crippen molar-refractivity contribution in [3.8, 4) is 0 Å². The molecule has 0 N–H and O–H groups in total. The fraction of sp³-hybridized carbons (Fsp3) is 0.111. The summed E-state index contributed by atoms with van der Waals surface area (Å²) >= 11 is 0. The number of carbonyl (C=O) groups excluding carboxylic acids is 2. The van der Waals surface area contributed by atoms with Gasteiger partial charge >= 0.3 is 0 Å². The van der Waals surface area contributed by atoms with Crippen molar-refractivity contribution >= 4 is 21.7 Å². The van der Waals surface area contributed by atoms with E-state index in [9.17, 15) is 18.0 Å². The first-order valence-corrected chi connectivity index (χ1v) is 8.77. The average Bonchev–Trinajstić information content (AvgIpc) is 2.57. The lowest BCUT2D eigenvalue weighted by atomic mass is 10.00. The van der Waals surface area contributed by atoms with Gasteiger partial charge in [-0.15, -0.1) is 0 Å². The Balaban J connectivity index is 2.14. The van der Waals surface area contributed by atoms with Crippen molar-refractivity contribution in [3.05, 3.63) is 77.9 Å². The standard InChI is InChI=1S/C18H15NO4S/c1-13-7-9-15(10-8-13)24(22,23)19-17(21)12-11-16(20)18(19)14-5-3-2-4-6-14/h2-12,18H,1H3. The zero-order valence-electron chi connectivity index (χ0n) is 12.9. The molecule has 0 saturated carbocycles. The monoisotopic (exact) mass is 341 g/mol. The van der Waals surface area contributed by atoms with Crippen molar-refractivity contribution < 1.29 is 18.0 Å². The molecule has 3 rings (SSSR count). The minimum Gasteiger partial charge on any atom is -0.292 e. The van der Waals surface area contributed by atoms with Crippen LogP contribution in [-0.4, -0.2) is 24.4 Å². The second kappa shape index (κ2) is 6.05. The molecule has 2 aromatic carbocycles. The lowest BCUT2D eigenvalue weighted by Gasteiger charge is -2.31. The van der Waals surface area contributed by atoms with E-state index >= 15 is 0 Å². The van der Waals surface area contributed by atoms with Crippen LogP contribution < -0.4 is 0 Å². The molecule has 0 radical (unpaired) electrons. The Labute approximate surface area is 140 Å². The first kappa shape index (κ1) is 16.1. The van der Waals surface area contributed by atoms with E-state index in [1.165, 1.54) is 12.1 Å². The summed E-state index contributed by atoms with van der Waals surface area (Å²) in [5.41, 5.74) is 1.35. The van der Waals surface area contributed by atoms with E-state index in [1.54, 1.807) is 42.5 Å². The van der Waals surface area contributed by atoms with Crippen LogP contribution in [0.2, 0.25) is 0 Å². The van der Waals surface area contributed by atoms with Gasteiger partial charge in [0.2, 0.25) is 0 Å². The SMILES string of the molecule is Cc1ccc(S(=O)(=O)N2C(=O)C=CC(=O)C2c2ccccc2)cc1. The molecule has 1 amide bonds. The number of carbonyl (C=O) groups is 2. The summed E-state index contributed by atoms with van der Waals surface area (Å²) in [7, 11) is -4.15. The van der Waals surface area contributed by atoms with Crippen LogP contribution in [-0.2, 0) is 19.6 Å². The van der Waals surface area contributed by atoms with E-state index in [-0.39, 0.29) is 4.90 Å². The number of aryl methyl sites for hydroxylation is 1. The highest BCUT2D eigenvalue weighted by atomic mass is 32.2. The normalized spacial score (nSPS) is 18.0. The van der Waals surface area contributed by atoms with Gasteiger partial charge in [0.05, 0.1) is 4.90 Å². The number of sulfonamides is 1. The van der Waals surface area contributed by atoms with Gasteiger partial charge in [-0.1, -0.05) is 48.0 Å². The largest absolute Gasteiger partial charge is 0.292 e. The minimum atomic E-state index is -4.15. The Morgan fingerprint density at radius 3 is 2.12 bits per heavy atom. The number of ketones is 1. The number of benzene rings is 2. The molecule has 122 valence electrons. The van der Waals surface area contributed by atoms with Gasteiger partial charge in [0.1, 0.15) is 6.04 Å². The fourth-order valence-corrected chi connectivity index (χ4v) is 4.08. The molecule has 0 aliphatic carbocycles. The summed E-state index contributed by atoms with van der Waals surface area (Å²) in [6.45, 7) is 1.83. The highest BCUT2D eigenvalue weighted by Gasteiger charge is 2.41. The molecule has 1 aliphatic rings. The first-order valence-electron chi connectivity index (χ1n) is 7.33. The van der Waals surface area contributed by atoms with Crippen LogP contribution in [0.3, 0.4) is 0 Å². The van der Waals surface area contributed by atoms with Crippen molar-refractivity contribution in [3.63, 3.8) is 0 Å². The molecule has 6 heteroatoms. The molecule has 0 spiro atoms. The molecule has 1 aliphatic heterocycles. The molecule has 24 heavy (non-hydrogen) atoms. The Morgan fingerprint density at radius 2 is 1.50 bits per heavy atom. The van der Waals surface area contributed by atoms with Crippen molar-refractivity contribution in [1.82, 2.24) is 4.31 Å². The van der Waals surface area contributed by atoms with Crippen LogP contribution in [0.15, 0.2) is 71.6 Å². The van der Waals surface area contributed by atoms with Gasteiger partial charge in [0.25, 0.3) is 15.9 Å². The second-order valence-corrected chi connectivity index (χ2v) is 7.32. The maximum absolute atomic E-state index is 13.0. The summed E-state index contributed by atoms with van der Waals surface area (Å²) in [5, 5.41) is 0. The van der Waals surface area contributed by atoms with Crippen molar-refractivity contribution in [2.24, 2.45) is 0 Å². The van der Waals surface area contributed by atoms with Crippen LogP contribution in [0, 0.1) is 6.92 Å². The van der Waals surface area contributed by atoms with Gasteiger partial charge in [0.15, 0.2) is 5.78 Å². The number of amides is 1. The Morgan fingerprint density at radius 1 is 0.875 bits per heavy atom. The highest BCUT2D eigenvalue weighted by Crippen LogP contribution is 2.31. The number of rotatable bonds is 3. The fourth-order valence-electron chi connectivity index (χ4n) is 2.58. The summed E-state index contributed by atoms with van der Waals surface area (Å²) < 4.78 is 26.6. The maximum Gasteiger partial charge on any atom is 0.267 e. The summed E-state index contributed by atoms with van der Waals surface area (Å²) in [4.78, 5) is 24.6. The molecule has 5 nitrogen and oxygen atoms in total. The Hall–Kier alpha value is -2.73. The van der Waals surface area contributed by atoms with E-state index in [0.29, 0.717) is 9.87 Å². The highest BCUT2D eigenvalue weighted by molar-refractivity contribution is 7.89. The molecular weight excluding hydrogens is 326 g/mol. The molecule has 1 heterocycles.